The molecule has 1 amide bonds. The quantitative estimate of drug-likeness (QED) is 0.390. The molecule has 0 spiro atoms. The number of fused-ring (bicyclic) bond motifs is 2. The van der Waals surface area contributed by atoms with Crippen molar-refractivity contribution in [3.8, 4) is 5.75 Å². The van der Waals surface area contributed by atoms with Gasteiger partial charge in [0.1, 0.15) is 5.75 Å². The lowest BCUT2D eigenvalue weighted by Gasteiger charge is -2.28. The van der Waals surface area contributed by atoms with Gasteiger partial charge in [-0.05, 0) is 73.0 Å². The molecule has 1 aromatic heterocycles. The lowest BCUT2D eigenvalue weighted by atomic mass is 10.0. The van der Waals surface area contributed by atoms with E-state index in [4.69, 9.17) is 16.3 Å². The Morgan fingerprint density at radius 3 is 2.92 bits per heavy atom. The average Bonchev–Trinajstić information content (AvgIpc) is 3.38. The highest BCUT2D eigenvalue weighted by atomic mass is 35.5. The van der Waals surface area contributed by atoms with E-state index >= 15 is 0 Å². The maximum Gasteiger partial charge on any atom is 0.227 e. The molecule has 3 aromatic rings. The summed E-state index contributed by atoms with van der Waals surface area (Å²) >= 11 is 6.62. The van der Waals surface area contributed by atoms with E-state index < -0.39 is 0 Å². The minimum atomic E-state index is 0.0401. The van der Waals surface area contributed by atoms with Crippen LogP contribution in [0.25, 0.3) is 10.9 Å². The van der Waals surface area contributed by atoms with Gasteiger partial charge in [-0.15, -0.1) is 0 Å². The zero-order valence-corrected chi connectivity index (χ0v) is 22.6. The van der Waals surface area contributed by atoms with Crippen molar-refractivity contribution >= 4 is 28.4 Å². The standard InChI is InChI=1S/C30H38ClN3O2/c1-21(2)17-34(18-22-15-23-7-4-5-14-36-29(23)27(31)16-22)30(35)25-10-13-33(20-25)19-24-8-6-9-28-26(24)11-12-32(28)3/h6,8-9,11-12,15-16,21,25H,4-5,7,10,13-14,17-20H2,1-3H3/t25-/m1/s1. The Bertz CT molecular complexity index is 1230. The number of hydrogen-bond acceptors (Lipinski definition) is 3. The fraction of sp³-hybridized carbons (Fsp3) is 0.500. The summed E-state index contributed by atoms with van der Waals surface area (Å²) < 4.78 is 8.07. The molecule has 0 saturated carbocycles. The summed E-state index contributed by atoms with van der Waals surface area (Å²) in [6.07, 6.45) is 6.17. The Labute approximate surface area is 220 Å². The van der Waals surface area contributed by atoms with Crippen LogP contribution in [0.2, 0.25) is 5.02 Å². The molecule has 3 heterocycles. The third-order valence-corrected chi connectivity index (χ3v) is 7.85. The smallest absolute Gasteiger partial charge is 0.227 e. The molecule has 1 saturated heterocycles. The Hall–Kier alpha value is -2.50. The van der Waals surface area contributed by atoms with Gasteiger partial charge in [-0.2, -0.15) is 0 Å². The second kappa shape index (κ2) is 10.9. The first kappa shape index (κ1) is 25.2. The molecular formula is C30H38ClN3O2. The van der Waals surface area contributed by atoms with Gasteiger partial charge < -0.3 is 14.2 Å². The normalized spacial score (nSPS) is 18.3. The topological polar surface area (TPSA) is 37.7 Å². The van der Waals surface area contributed by atoms with Crippen molar-refractivity contribution in [2.75, 3.05) is 26.2 Å². The van der Waals surface area contributed by atoms with Crippen LogP contribution in [0.4, 0.5) is 0 Å². The van der Waals surface area contributed by atoms with Gasteiger partial charge in [-0.25, -0.2) is 0 Å². The number of rotatable bonds is 7. The molecule has 1 fully saturated rings. The molecule has 5 nitrogen and oxygen atoms in total. The monoisotopic (exact) mass is 507 g/mol. The average molecular weight is 508 g/mol. The lowest BCUT2D eigenvalue weighted by molar-refractivity contribution is -0.136. The molecule has 2 aliphatic rings. The number of carbonyl (C=O) groups excluding carboxylic acids is 1. The van der Waals surface area contributed by atoms with Gasteiger partial charge >= 0.3 is 0 Å². The number of benzene rings is 2. The molecule has 0 unspecified atom stereocenters. The summed E-state index contributed by atoms with van der Waals surface area (Å²) in [6.45, 7) is 9.09. The first-order valence-corrected chi connectivity index (χ1v) is 13.7. The summed E-state index contributed by atoms with van der Waals surface area (Å²) in [5.74, 6) is 1.55. The van der Waals surface area contributed by atoms with Crippen molar-refractivity contribution in [3.63, 3.8) is 0 Å². The van der Waals surface area contributed by atoms with Crippen LogP contribution in [0.15, 0.2) is 42.6 Å². The van der Waals surface area contributed by atoms with Gasteiger partial charge in [-0.3, -0.25) is 9.69 Å². The van der Waals surface area contributed by atoms with Crippen LogP contribution in [0, 0.1) is 11.8 Å². The van der Waals surface area contributed by atoms with Crippen LogP contribution in [0.5, 0.6) is 5.75 Å². The maximum absolute atomic E-state index is 13.8. The predicted octanol–water partition coefficient (Wildman–Crippen LogP) is 6.05. The van der Waals surface area contributed by atoms with E-state index in [1.165, 1.54) is 22.0 Å². The maximum atomic E-state index is 13.8. The second-order valence-corrected chi connectivity index (χ2v) is 11.4. The molecule has 6 heteroatoms. The number of aryl methyl sites for hydroxylation is 2. The number of ether oxygens (including phenoxy) is 1. The molecule has 0 bridgehead atoms. The zero-order chi connectivity index (χ0) is 25.2. The minimum Gasteiger partial charge on any atom is -0.492 e. The van der Waals surface area contributed by atoms with Crippen molar-refractivity contribution in [2.24, 2.45) is 18.9 Å². The SMILES string of the molecule is CC(C)CN(Cc1cc(Cl)c2c(c1)CCCCO2)C(=O)[C@@H]1CCN(Cc2cccc3c2ccn3C)C1. The van der Waals surface area contributed by atoms with Crippen LogP contribution in [0.3, 0.4) is 0 Å². The first-order valence-electron chi connectivity index (χ1n) is 13.4. The second-order valence-electron chi connectivity index (χ2n) is 11.0. The third-order valence-electron chi connectivity index (χ3n) is 7.57. The van der Waals surface area contributed by atoms with Crippen molar-refractivity contribution in [3.05, 3.63) is 64.3 Å². The zero-order valence-electron chi connectivity index (χ0n) is 21.8. The van der Waals surface area contributed by atoms with Crippen molar-refractivity contribution in [2.45, 2.75) is 52.6 Å². The number of amides is 1. The van der Waals surface area contributed by atoms with E-state index in [2.05, 4.69) is 71.8 Å². The number of hydrogen-bond donors (Lipinski definition) is 0. The summed E-state index contributed by atoms with van der Waals surface area (Å²) in [6, 6.07) is 12.9. The number of halogens is 1. The van der Waals surface area contributed by atoms with E-state index in [0.29, 0.717) is 17.5 Å². The highest BCUT2D eigenvalue weighted by molar-refractivity contribution is 6.32. The van der Waals surface area contributed by atoms with Gasteiger partial charge in [0.15, 0.2) is 0 Å². The van der Waals surface area contributed by atoms with E-state index in [1.807, 2.05) is 6.07 Å². The molecule has 36 heavy (non-hydrogen) atoms. The minimum absolute atomic E-state index is 0.0401. The summed E-state index contributed by atoms with van der Waals surface area (Å²) in [5.41, 5.74) is 4.87. The molecule has 1 atom stereocenters. The molecule has 0 N–H and O–H groups in total. The van der Waals surface area contributed by atoms with Gasteiger partial charge in [0.05, 0.1) is 17.5 Å². The summed E-state index contributed by atoms with van der Waals surface area (Å²) in [5, 5.41) is 1.98. The Morgan fingerprint density at radius 2 is 2.08 bits per heavy atom. The number of aromatic nitrogens is 1. The summed E-state index contributed by atoms with van der Waals surface area (Å²) in [7, 11) is 2.09. The van der Waals surface area contributed by atoms with E-state index in [1.54, 1.807) is 0 Å². The molecule has 0 radical (unpaired) electrons. The van der Waals surface area contributed by atoms with Gasteiger partial charge in [-0.1, -0.05) is 43.6 Å². The highest BCUT2D eigenvalue weighted by Gasteiger charge is 2.32. The Balaban J connectivity index is 1.28. The fourth-order valence-electron chi connectivity index (χ4n) is 5.82. The van der Waals surface area contributed by atoms with Crippen LogP contribution in [-0.2, 0) is 31.4 Å². The Morgan fingerprint density at radius 1 is 1.22 bits per heavy atom. The van der Waals surface area contributed by atoms with E-state index in [9.17, 15) is 4.79 Å². The molecule has 2 aliphatic heterocycles. The van der Waals surface area contributed by atoms with E-state index in [-0.39, 0.29) is 11.8 Å². The largest absolute Gasteiger partial charge is 0.492 e. The van der Waals surface area contributed by atoms with Crippen LogP contribution >= 0.6 is 11.6 Å². The van der Waals surface area contributed by atoms with Crippen molar-refractivity contribution in [1.29, 1.82) is 0 Å². The number of nitrogens with zero attached hydrogens (tertiary/aromatic N) is 3. The molecule has 2 aromatic carbocycles. The summed E-state index contributed by atoms with van der Waals surface area (Å²) in [4.78, 5) is 18.3. The predicted molar refractivity (Wildman–Crippen MR) is 146 cm³/mol. The first-order chi connectivity index (χ1) is 17.4. The molecule has 0 aliphatic carbocycles. The number of carbonyl (C=O) groups is 1. The van der Waals surface area contributed by atoms with Gasteiger partial charge in [0.25, 0.3) is 0 Å². The fourth-order valence-corrected chi connectivity index (χ4v) is 6.13. The van der Waals surface area contributed by atoms with Gasteiger partial charge in [0.2, 0.25) is 5.91 Å². The lowest BCUT2D eigenvalue weighted by Crippen LogP contribution is -2.39. The van der Waals surface area contributed by atoms with Crippen molar-refractivity contribution < 1.29 is 9.53 Å². The molecule has 192 valence electrons. The third kappa shape index (κ3) is 5.42. The van der Waals surface area contributed by atoms with Crippen molar-refractivity contribution in [1.82, 2.24) is 14.4 Å². The molecule has 5 rings (SSSR count). The van der Waals surface area contributed by atoms with E-state index in [0.717, 1.165) is 69.8 Å². The van der Waals surface area contributed by atoms with Gasteiger partial charge in [0, 0.05) is 50.3 Å². The van der Waals surface area contributed by atoms with Crippen LogP contribution < -0.4 is 4.74 Å². The van der Waals surface area contributed by atoms with Crippen LogP contribution in [-0.4, -0.2) is 46.5 Å². The highest BCUT2D eigenvalue weighted by Crippen LogP contribution is 2.34. The van der Waals surface area contributed by atoms with Crippen LogP contribution in [0.1, 0.15) is 49.8 Å². The number of likely N-dealkylation sites (tertiary alicyclic amines) is 1. The Kier molecular flexibility index (Phi) is 7.59. The molecular weight excluding hydrogens is 470 g/mol.